The van der Waals surface area contributed by atoms with Crippen LogP contribution in [0.3, 0.4) is 0 Å². The van der Waals surface area contributed by atoms with Crippen molar-refractivity contribution in [3.8, 4) is 0 Å². The molecule has 20 heavy (non-hydrogen) atoms. The molecule has 0 unspecified atom stereocenters. The molecule has 1 fully saturated rings. The van der Waals surface area contributed by atoms with Gasteiger partial charge in [-0.2, -0.15) is 0 Å². The van der Waals surface area contributed by atoms with Crippen molar-refractivity contribution in [2.24, 2.45) is 0 Å². The van der Waals surface area contributed by atoms with Crippen molar-refractivity contribution in [1.82, 2.24) is 9.88 Å². The third-order valence-corrected chi connectivity index (χ3v) is 3.06. The van der Waals surface area contributed by atoms with Gasteiger partial charge in [-0.1, -0.05) is 6.07 Å². The molecule has 6 nitrogen and oxygen atoms in total. The molecule has 1 aromatic heterocycles. The second-order valence-corrected chi connectivity index (χ2v) is 5.97. The number of hydrogen-bond acceptors (Lipinski definition) is 5. The largest absolute Gasteiger partial charge is 0.490 e. The number of carbonyl (C=O) groups excluding carboxylic acids is 1. The summed E-state index contributed by atoms with van der Waals surface area (Å²) >= 11 is 0. The minimum Gasteiger partial charge on any atom is -0.444 e. The van der Waals surface area contributed by atoms with Crippen LogP contribution in [0, 0.1) is 0 Å². The number of pyridine rings is 1. The lowest BCUT2D eigenvalue weighted by Gasteiger charge is -2.39. The minimum atomic E-state index is -1.50. The molecule has 0 atom stereocenters. The molecule has 0 aliphatic carbocycles. The van der Waals surface area contributed by atoms with Crippen molar-refractivity contribution < 1.29 is 19.6 Å². The molecule has 2 N–H and O–H groups in total. The molecule has 0 saturated carbocycles. The van der Waals surface area contributed by atoms with Gasteiger partial charge >= 0.3 is 13.2 Å². The predicted molar refractivity (Wildman–Crippen MR) is 74.6 cm³/mol. The lowest BCUT2D eigenvalue weighted by atomic mass is 9.81. The zero-order valence-corrected chi connectivity index (χ0v) is 11.9. The molecule has 2 rings (SSSR count). The first-order valence-corrected chi connectivity index (χ1v) is 6.56. The summed E-state index contributed by atoms with van der Waals surface area (Å²) in [6.45, 7) is 6.65. The van der Waals surface area contributed by atoms with E-state index in [1.807, 2.05) is 20.8 Å². The predicted octanol–water partition coefficient (Wildman–Crippen LogP) is 0.0957. The second kappa shape index (κ2) is 5.42. The first kappa shape index (κ1) is 14.8. The summed E-state index contributed by atoms with van der Waals surface area (Å²) < 4.78 is 5.28. The molecular weight excluding hydrogens is 259 g/mol. The number of nitrogens with zero attached hydrogens (tertiary/aromatic N) is 2. The van der Waals surface area contributed by atoms with E-state index in [1.54, 1.807) is 17.0 Å². The first-order valence-electron chi connectivity index (χ1n) is 6.56. The van der Waals surface area contributed by atoms with Gasteiger partial charge in [0.15, 0.2) is 0 Å². The Hall–Kier alpha value is -1.60. The van der Waals surface area contributed by atoms with Gasteiger partial charge in [-0.25, -0.2) is 4.79 Å². The Morgan fingerprint density at radius 2 is 2.05 bits per heavy atom. The average Bonchev–Trinajstić information content (AvgIpc) is 2.25. The molecule has 7 heteroatoms. The van der Waals surface area contributed by atoms with Gasteiger partial charge in [0, 0.05) is 36.4 Å². The highest BCUT2D eigenvalue weighted by Crippen LogP contribution is 2.26. The molecule has 2 heterocycles. The van der Waals surface area contributed by atoms with Crippen LogP contribution in [0.2, 0.25) is 0 Å². The van der Waals surface area contributed by atoms with E-state index >= 15 is 0 Å². The van der Waals surface area contributed by atoms with Crippen LogP contribution in [-0.2, 0) is 4.74 Å². The zero-order chi connectivity index (χ0) is 14.9. The van der Waals surface area contributed by atoms with Crippen LogP contribution >= 0.6 is 0 Å². The van der Waals surface area contributed by atoms with Gasteiger partial charge in [0.05, 0.1) is 0 Å². The van der Waals surface area contributed by atoms with Crippen LogP contribution < -0.4 is 5.46 Å². The summed E-state index contributed by atoms with van der Waals surface area (Å²) in [5.74, 6) is 0.174. The second-order valence-electron chi connectivity index (χ2n) is 5.97. The molecule has 1 aromatic rings. The number of ether oxygens (including phenoxy) is 1. The van der Waals surface area contributed by atoms with Crippen molar-refractivity contribution in [3.05, 3.63) is 24.0 Å². The maximum atomic E-state index is 11.8. The highest BCUT2D eigenvalue weighted by molar-refractivity contribution is 6.58. The molecule has 0 bridgehead atoms. The molecule has 0 radical (unpaired) electrons. The fourth-order valence-corrected chi connectivity index (χ4v) is 1.95. The van der Waals surface area contributed by atoms with E-state index < -0.39 is 12.7 Å². The van der Waals surface area contributed by atoms with Crippen LogP contribution in [0.15, 0.2) is 18.3 Å². The quantitative estimate of drug-likeness (QED) is 0.749. The lowest BCUT2D eigenvalue weighted by molar-refractivity contribution is 0.00788. The topological polar surface area (TPSA) is 82.9 Å². The SMILES string of the molecule is CC(C)(C)OC(=O)N1CC(c2ccc(B(O)O)cn2)C1. The maximum absolute atomic E-state index is 11.8. The Morgan fingerprint density at radius 3 is 2.50 bits per heavy atom. The fourth-order valence-electron chi connectivity index (χ4n) is 1.95. The lowest BCUT2D eigenvalue weighted by Crippen LogP contribution is -2.50. The average molecular weight is 278 g/mol. The maximum Gasteiger partial charge on any atom is 0.490 e. The molecule has 1 amide bonds. The first-order chi connectivity index (χ1) is 9.26. The molecule has 1 aliphatic heterocycles. The van der Waals surface area contributed by atoms with Gasteiger partial charge in [-0.05, 0) is 26.8 Å². The summed E-state index contributed by atoms with van der Waals surface area (Å²) in [6, 6.07) is 3.38. The van der Waals surface area contributed by atoms with Crippen molar-refractivity contribution in [2.45, 2.75) is 32.3 Å². The number of hydrogen-bond donors (Lipinski definition) is 2. The van der Waals surface area contributed by atoms with Gasteiger partial charge in [0.2, 0.25) is 0 Å². The van der Waals surface area contributed by atoms with Gasteiger partial charge in [-0.15, -0.1) is 0 Å². The Morgan fingerprint density at radius 1 is 1.40 bits per heavy atom. The summed E-state index contributed by atoms with van der Waals surface area (Å²) in [6.07, 6.45) is 1.13. The standard InChI is InChI=1S/C13H19BN2O4/c1-13(2,3)20-12(17)16-7-9(8-16)11-5-4-10(6-15-11)14(18)19/h4-6,9,18-19H,7-8H2,1-3H3. The highest BCUT2D eigenvalue weighted by Gasteiger charge is 2.35. The Balaban J connectivity index is 1.88. The highest BCUT2D eigenvalue weighted by atomic mass is 16.6. The van der Waals surface area contributed by atoms with Gasteiger partial charge in [0.25, 0.3) is 0 Å². The van der Waals surface area contributed by atoms with Crippen molar-refractivity contribution in [2.75, 3.05) is 13.1 Å². The molecule has 0 aromatic carbocycles. The van der Waals surface area contributed by atoms with Crippen LogP contribution in [0.5, 0.6) is 0 Å². The fraction of sp³-hybridized carbons (Fsp3) is 0.538. The van der Waals surface area contributed by atoms with Crippen molar-refractivity contribution in [1.29, 1.82) is 0 Å². The van der Waals surface area contributed by atoms with Crippen LogP contribution in [0.25, 0.3) is 0 Å². The third-order valence-electron chi connectivity index (χ3n) is 3.06. The van der Waals surface area contributed by atoms with E-state index in [0.29, 0.717) is 18.6 Å². The van der Waals surface area contributed by atoms with Gasteiger partial charge in [0.1, 0.15) is 5.60 Å². The van der Waals surface area contributed by atoms with E-state index in [1.165, 1.54) is 6.20 Å². The van der Waals surface area contributed by atoms with E-state index in [2.05, 4.69) is 4.98 Å². The van der Waals surface area contributed by atoms with E-state index in [0.717, 1.165) is 5.69 Å². The molecule has 108 valence electrons. The summed E-state index contributed by atoms with van der Waals surface area (Å²) in [5, 5.41) is 18.0. The van der Waals surface area contributed by atoms with Gasteiger partial charge in [-0.3, -0.25) is 4.98 Å². The van der Waals surface area contributed by atoms with E-state index in [-0.39, 0.29) is 12.0 Å². The molecule has 1 saturated heterocycles. The zero-order valence-electron chi connectivity index (χ0n) is 11.9. The third kappa shape index (κ3) is 3.49. The summed E-state index contributed by atoms with van der Waals surface area (Å²) in [5.41, 5.74) is 0.713. The molecule has 1 aliphatic rings. The molecular formula is C13H19BN2O4. The Kier molecular flexibility index (Phi) is 4.01. The number of rotatable bonds is 2. The van der Waals surface area contributed by atoms with Crippen LogP contribution in [-0.4, -0.2) is 51.8 Å². The van der Waals surface area contributed by atoms with E-state index in [4.69, 9.17) is 14.8 Å². The number of carbonyl (C=O) groups is 1. The van der Waals surface area contributed by atoms with Crippen LogP contribution in [0.1, 0.15) is 32.4 Å². The Bertz CT molecular complexity index is 478. The van der Waals surface area contributed by atoms with Gasteiger partial charge < -0.3 is 19.7 Å². The Labute approximate surface area is 118 Å². The normalized spacial score (nSPS) is 15.8. The number of likely N-dealkylation sites (tertiary alicyclic amines) is 1. The summed E-state index contributed by atoms with van der Waals surface area (Å²) in [4.78, 5) is 17.6. The number of aromatic nitrogens is 1. The monoisotopic (exact) mass is 278 g/mol. The number of amides is 1. The van der Waals surface area contributed by atoms with Crippen molar-refractivity contribution >= 4 is 18.7 Å². The van der Waals surface area contributed by atoms with Crippen molar-refractivity contribution in [3.63, 3.8) is 0 Å². The smallest absolute Gasteiger partial charge is 0.444 e. The molecule has 0 spiro atoms. The van der Waals surface area contributed by atoms with E-state index in [9.17, 15) is 4.79 Å². The summed E-state index contributed by atoms with van der Waals surface area (Å²) in [7, 11) is -1.50. The van der Waals surface area contributed by atoms with Crippen LogP contribution in [0.4, 0.5) is 4.79 Å². The minimum absolute atomic E-state index is 0.174.